The fourth-order valence-electron chi connectivity index (χ4n) is 2.49. The first-order valence-electron chi connectivity index (χ1n) is 7.66. The lowest BCUT2D eigenvalue weighted by Gasteiger charge is -2.06. The molecule has 4 heterocycles. The molecule has 1 amide bonds. The van der Waals surface area contributed by atoms with Crippen molar-refractivity contribution in [3.63, 3.8) is 0 Å². The molecule has 0 atom stereocenters. The second-order valence-corrected chi connectivity index (χ2v) is 5.55. The zero-order valence-corrected chi connectivity index (χ0v) is 13.4. The summed E-state index contributed by atoms with van der Waals surface area (Å²) in [5.41, 5.74) is 3.03. The second kappa shape index (κ2) is 6.12. The first-order chi connectivity index (χ1) is 12.2. The Hall–Kier alpha value is -3.61. The molecule has 0 aliphatic heterocycles. The molecule has 0 aromatic carbocycles. The van der Waals surface area contributed by atoms with E-state index >= 15 is 0 Å². The highest BCUT2D eigenvalue weighted by molar-refractivity contribution is 6.04. The number of rotatable bonds is 3. The molecule has 0 aliphatic rings. The third kappa shape index (κ3) is 3.07. The van der Waals surface area contributed by atoms with E-state index in [2.05, 4.69) is 25.4 Å². The van der Waals surface area contributed by atoms with E-state index in [1.807, 2.05) is 25.4 Å². The predicted molar refractivity (Wildman–Crippen MR) is 93.9 cm³/mol. The van der Waals surface area contributed by atoms with E-state index in [-0.39, 0.29) is 5.91 Å². The van der Waals surface area contributed by atoms with Gasteiger partial charge in [0, 0.05) is 54.4 Å². The van der Waals surface area contributed by atoms with Gasteiger partial charge in [-0.25, -0.2) is 9.97 Å². The minimum absolute atomic E-state index is 0.238. The number of hydrogen-bond donors (Lipinski definition) is 1. The van der Waals surface area contributed by atoms with Crippen molar-refractivity contribution in [3.8, 4) is 11.3 Å². The largest absolute Gasteiger partial charge is 0.306 e. The van der Waals surface area contributed by atoms with Crippen molar-refractivity contribution in [1.82, 2.24) is 24.7 Å². The Kier molecular flexibility index (Phi) is 3.66. The SMILES string of the molecule is Cn1cc(-c2ccc3cnc(NC(=O)c4ccncc4)cc3n2)cn1. The molecule has 0 aliphatic carbocycles. The van der Waals surface area contributed by atoms with Crippen LogP contribution in [0.3, 0.4) is 0 Å². The minimum Gasteiger partial charge on any atom is -0.306 e. The molecule has 4 aromatic rings. The van der Waals surface area contributed by atoms with Crippen LogP contribution in [0.5, 0.6) is 0 Å². The summed E-state index contributed by atoms with van der Waals surface area (Å²) >= 11 is 0. The maximum atomic E-state index is 12.2. The van der Waals surface area contributed by atoms with Crippen molar-refractivity contribution in [1.29, 1.82) is 0 Å². The van der Waals surface area contributed by atoms with Crippen LogP contribution in [0.25, 0.3) is 22.2 Å². The van der Waals surface area contributed by atoms with E-state index in [4.69, 9.17) is 0 Å². The number of carbonyl (C=O) groups excluding carboxylic acids is 1. The fourth-order valence-corrected chi connectivity index (χ4v) is 2.49. The van der Waals surface area contributed by atoms with Crippen LogP contribution in [-0.2, 0) is 7.05 Å². The van der Waals surface area contributed by atoms with E-state index in [1.54, 1.807) is 47.7 Å². The van der Waals surface area contributed by atoms with Crippen molar-refractivity contribution >= 4 is 22.6 Å². The standard InChI is InChI=1S/C18H14N6O/c1-24-11-14(10-21-24)15-3-2-13-9-20-17(8-16(13)22-15)23-18(25)12-4-6-19-7-5-12/h2-11H,1H3,(H,20,23,25). The molecule has 4 aromatic heterocycles. The number of carbonyl (C=O) groups is 1. The van der Waals surface area contributed by atoms with E-state index in [1.165, 1.54) is 0 Å². The molecule has 0 fully saturated rings. The van der Waals surface area contributed by atoms with Gasteiger partial charge in [-0.3, -0.25) is 14.5 Å². The van der Waals surface area contributed by atoms with E-state index in [0.29, 0.717) is 11.4 Å². The van der Waals surface area contributed by atoms with E-state index in [0.717, 1.165) is 22.2 Å². The Morgan fingerprint density at radius 2 is 1.96 bits per heavy atom. The van der Waals surface area contributed by atoms with Crippen molar-refractivity contribution < 1.29 is 4.79 Å². The minimum atomic E-state index is -0.238. The Labute approximate surface area is 143 Å². The van der Waals surface area contributed by atoms with Crippen LogP contribution in [0, 0.1) is 0 Å². The molecule has 1 N–H and O–H groups in total. The van der Waals surface area contributed by atoms with Gasteiger partial charge >= 0.3 is 0 Å². The number of aromatic nitrogens is 5. The number of anilines is 1. The number of pyridine rings is 3. The molecule has 7 nitrogen and oxygen atoms in total. The fraction of sp³-hybridized carbons (Fsp3) is 0.0556. The monoisotopic (exact) mass is 330 g/mol. The third-order valence-corrected chi connectivity index (χ3v) is 3.76. The number of hydrogen-bond acceptors (Lipinski definition) is 5. The van der Waals surface area contributed by atoms with Crippen LogP contribution in [0.1, 0.15) is 10.4 Å². The molecule has 0 saturated carbocycles. The summed E-state index contributed by atoms with van der Waals surface area (Å²) in [6.45, 7) is 0. The quantitative estimate of drug-likeness (QED) is 0.624. The van der Waals surface area contributed by atoms with Gasteiger partial charge in [-0.1, -0.05) is 0 Å². The van der Waals surface area contributed by atoms with Crippen LogP contribution in [0.4, 0.5) is 5.82 Å². The van der Waals surface area contributed by atoms with Gasteiger partial charge < -0.3 is 5.32 Å². The first kappa shape index (κ1) is 14.9. The summed E-state index contributed by atoms with van der Waals surface area (Å²) in [6.07, 6.45) is 8.51. The first-order valence-corrected chi connectivity index (χ1v) is 7.66. The zero-order chi connectivity index (χ0) is 17.2. The molecule has 0 radical (unpaired) electrons. The van der Waals surface area contributed by atoms with Crippen LogP contribution in [0.15, 0.2) is 61.3 Å². The van der Waals surface area contributed by atoms with Crippen LogP contribution in [0.2, 0.25) is 0 Å². The van der Waals surface area contributed by atoms with Crippen molar-refractivity contribution in [2.24, 2.45) is 7.05 Å². The summed E-state index contributed by atoms with van der Waals surface area (Å²) in [5.74, 6) is 0.211. The van der Waals surface area contributed by atoms with Gasteiger partial charge in [-0.15, -0.1) is 0 Å². The normalized spacial score (nSPS) is 10.8. The van der Waals surface area contributed by atoms with Crippen LogP contribution < -0.4 is 5.32 Å². The molecule has 0 bridgehead atoms. The molecular weight excluding hydrogens is 316 g/mol. The molecular formula is C18H14N6O. The molecule has 7 heteroatoms. The highest BCUT2D eigenvalue weighted by Crippen LogP contribution is 2.21. The maximum Gasteiger partial charge on any atom is 0.256 e. The Bertz CT molecular complexity index is 1060. The second-order valence-electron chi connectivity index (χ2n) is 5.55. The molecule has 0 unspecified atom stereocenters. The average Bonchev–Trinajstić information content (AvgIpc) is 3.08. The van der Waals surface area contributed by atoms with Crippen LogP contribution >= 0.6 is 0 Å². The summed E-state index contributed by atoms with van der Waals surface area (Å²) in [4.78, 5) is 25.1. The Morgan fingerprint density at radius 1 is 1.12 bits per heavy atom. The lowest BCUT2D eigenvalue weighted by atomic mass is 10.2. The molecule has 0 spiro atoms. The van der Waals surface area contributed by atoms with Crippen molar-refractivity contribution in [2.75, 3.05) is 5.32 Å². The smallest absolute Gasteiger partial charge is 0.256 e. The summed E-state index contributed by atoms with van der Waals surface area (Å²) in [7, 11) is 1.86. The number of aryl methyl sites for hydroxylation is 1. The number of nitrogens with zero attached hydrogens (tertiary/aromatic N) is 5. The third-order valence-electron chi connectivity index (χ3n) is 3.76. The van der Waals surface area contributed by atoms with Gasteiger partial charge in [0.2, 0.25) is 0 Å². The number of fused-ring (bicyclic) bond motifs is 1. The molecule has 25 heavy (non-hydrogen) atoms. The molecule has 4 rings (SSSR count). The average molecular weight is 330 g/mol. The van der Waals surface area contributed by atoms with Crippen molar-refractivity contribution in [2.45, 2.75) is 0 Å². The number of nitrogens with one attached hydrogen (secondary N) is 1. The molecule has 122 valence electrons. The van der Waals surface area contributed by atoms with Gasteiger partial charge in [-0.2, -0.15) is 5.10 Å². The molecule has 0 saturated heterocycles. The van der Waals surface area contributed by atoms with E-state index < -0.39 is 0 Å². The Balaban J connectivity index is 1.66. The summed E-state index contributed by atoms with van der Waals surface area (Å²) in [5, 5.41) is 7.84. The highest BCUT2D eigenvalue weighted by Gasteiger charge is 2.08. The van der Waals surface area contributed by atoms with Gasteiger partial charge in [0.25, 0.3) is 5.91 Å². The van der Waals surface area contributed by atoms with Gasteiger partial charge in [0.15, 0.2) is 0 Å². The van der Waals surface area contributed by atoms with Crippen LogP contribution in [-0.4, -0.2) is 30.6 Å². The predicted octanol–water partition coefficient (Wildman–Crippen LogP) is 2.68. The van der Waals surface area contributed by atoms with Gasteiger partial charge in [0.1, 0.15) is 5.82 Å². The topological polar surface area (TPSA) is 85.6 Å². The van der Waals surface area contributed by atoms with Gasteiger partial charge in [-0.05, 0) is 24.3 Å². The highest BCUT2D eigenvalue weighted by atomic mass is 16.1. The van der Waals surface area contributed by atoms with Gasteiger partial charge in [0.05, 0.1) is 17.4 Å². The lowest BCUT2D eigenvalue weighted by molar-refractivity contribution is 0.102. The number of amides is 1. The Morgan fingerprint density at radius 3 is 2.72 bits per heavy atom. The maximum absolute atomic E-state index is 12.2. The van der Waals surface area contributed by atoms with Crippen molar-refractivity contribution in [3.05, 3.63) is 66.9 Å². The summed E-state index contributed by atoms with van der Waals surface area (Å²) in [6, 6.07) is 8.93. The summed E-state index contributed by atoms with van der Waals surface area (Å²) < 4.78 is 1.73. The zero-order valence-electron chi connectivity index (χ0n) is 13.4. The lowest BCUT2D eigenvalue weighted by Crippen LogP contribution is -2.12. The van der Waals surface area contributed by atoms with E-state index in [9.17, 15) is 4.79 Å².